The lowest BCUT2D eigenvalue weighted by Gasteiger charge is -2.40. The Hall–Kier alpha value is -3.15. The van der Waals surface area contributed by atoms with Crippen molar-refractivity contribution in [3.05, 3.63) is 46.2 Å². The molecule has 7 N–H and O–H groups in total. The average molecular weight is 377 g/mol. The first-order valence-corrected chi connectivity index (χ1v) is 8.09. The molecule has 8 nitrogen and oxygen atoms in total. The van der Waals surface area contributed by atoms with Gasteiger partial charge in [0.2, 0.25) is 0 Å². The predicted molar refractivity (Wildman–Crippen MR) is 97.8 cm³/mol. The van der Waals surface area contributed by atoms with E-state index in [2.05, 4.69) is 0 Å². The normalized spacial score (nSPS) is 26.1. The number of fused-ring (bicyclic) bond motifs is 3. The fourth-order valence-electron chi connectivity index (χ4n) is 4.43. The Balaban J connectivity index is 0.00000196. The molecular formula is C19H23NO7. The van der Waals surface area contributed by atoms with Gasteiger partial charge in [-0.1, -0.05) is 12.1 Å². The maximum atomic E-state index is 13.0. The van der Waals surface area contributed by atoms with Crippen molar-refractivity contribution in [2.75, 3.05) is 0 Å². The van der Waals surface area contributed by atoms with Gasteiger partial charge in [-0.25, -0.2) is 0 Å². The van der Waals surface area contributed by atoms with Crippen LogP contribution < -0.4 is 0 Å². The third-order valence-corrected chi connectivity index (χ3v) is 5.49. The first-order valence-electron chi connectivity index (χ1n) is 8.09. The third-order valence-electron chi connectivity index (χ3n) is 5.49. The number of ketones is 2. The highest BCUT2D eigenvalue weighted by molar-refractivity contribution is 6.10. The molecule has 0 radical (unpaired) electrons. The molecule has 1 aromatic carbocycles. The monoisotopic (exact) mass is 377 g/mol. The molecule has 8 heteroatoms. The van der Waals surface area contributed by atoms with Gasteiger partial charge in [-0.2, -0.15) is 5.26 Å². The molecule has 0 aromatic heterocycles. The molecule has 0 amide bonds. The highest BCUT2D eigenvalue weighted by Gasteiger charge is 2.50. The molecule has 1 fully saturated rings. The van der Waals surface area contributed by atoms with Gasteiger partial charge in [-0.3, -0.25) is 9.59 Å². The molecule has 3 atom stereocenters. The summed E-state index contributed by atoms with van der Waals surface area (Å²) >= 11 is 0. The van der Waals surface area contributed by atoms with Gasteiger partial charge in [0, 0.05) is 14.8 Å². The van der Waals surface area contributed by atoms with Crippen LogP contribution in [0, 0.1) is 29.1 Å². The Kier molecular flexibility index (Phi) is 5.13. The molecule has 3 aliphatic rings. The Labute approximate surface area is 157 Å². The molecule has 0 bridgehead atoms. The second-order valence-electron chi connectivity index (χ2n) is 6.81. The van der Waals surface area contributed by atoms with Crippen LogP contribution in [0.1, 0.15) is 26.8 Å². The molecule has 4 rings (SSSR count). The van der Waals surface area contributed by atoms with E-state index >= 15 is 0 Å². The number of nitrogens with zero attached hydrogens (tertiary/aromatic N) is 1. The Morgan fingerprint density at radius 2 is 1.81 bits per heavy atom. The van der Waals surface area contributed by atoms with Crippen LogP contribution in [-0.2, 0) is 16.0 Å². The van der Waals surface area contributed by atoms with E-state index in [-0.39, 0.29) is 60.3 Å². The molecule has 3 aliphatic carbocycles. The second-order valence-corrected chi connectivity index (χ2v) is 6.81. The minimum absolute atomic E-state index is 0. The summed E-state index contributed by atoms with van der Waals surface area (Å²) in [7, 11) is 0. The van der Waals surface area contributed by atoms with Crippen LogP contribution in [-0.4, -0.2) is 37.8 Å². The first-order chi connectivity index (χ1) is 11.9. The number of hydrogen-bond acceptors (Lipinski definition) is 6. The number of carbonyl (C=O) groups is 2. The number of benzene rings is 1. The van der Waals surface area contributed by atoms with E-state index in [9.17, 15) is 24.9 Å². The SMILES string of the molecule is N#CC1=C(O)C2C(=O)C3=C(O)c4c(O)cccc4CC3CC2CC1=O.O.O.[HH].[HH]. The second kappa shape index (κ2) is 6.87. The summed E-state index contributed by atoms with van der Waals surface area (Å²) in [5.74, 6) is -3.40. The summed E-state index contributed by atoms with van der Waals surface area (Å²) in [6, 6.07) is 6.58. The molecular weight excluding hydrogens is 354 g/mol. The molecule has 0 heterocycles. The third kappa shape index (κ3) is 2.68. The number of aliphatic hydroxyl groups excluding tert-OH is 2. The van der Waals surface area contributed by atoms with Crippen LogP contribution in [0.4, 0.5) is 0 Å². The summed E-state index contributed by atoms with van der Waals surface area (Å²) in [5, 5.41) is 40.0. The molecule has 1 aromatic rings. The summed E-state index contributed by atoms with van der Waals surface area (Å²) in [6.45, 7) is 0. The van der Waals surface area contributed by atoms with Crippen LogP contribution in [0.3, 0.4) is 0 Å². The molecule has 3 unspecified atom stereocenters. The number of allylic oxidation sites excluding steroid dienone is 3. The quantitative estimate of drug-likeness (QED) is 0.610. The van der Waals surface area contributed by atoms with E-state index in [1.54, 1.807) is 18.2 Å². The van der Waals surface area contributed by atoms with Crippen molar-refractivity contribution in [1.82, 2.24) is 0 Å². The average Bonchev–Trinajstić information content (AvgIpc) is 2.54. The summed E-state index contributed by atoms with van der Waals surface area (Å²) < 4.78 is 0. The smallest absolute Gasteiger partial charge is 0.177 e. The zero-order valence-electron chi connectivity index (χ0n) is 14.2. The van der Waals surface area contributed by atoms with E-state index in [1.165, 1.54) is 6.07 Å². The minimum Gasteiger partial charge on any atom is -0.510 e. The van der Waals surface area contributed by atoms with Crippen molar-refractivity contribution in [3.63, 3.8) is 0 Å². The van der Waals surface area contributed by atoms with Gasteiger partial charge >= 0.3 is 0 Å². The van der Waals surface area contributed by atoms with E-state index in [0.29, 0.717) is 12.8 Å². The largest absolute Gasteiger partial charge is 0.510 e. The van der Waals surface area contributed by atoms with Crippen LogP contribution in [0.5, 0.6) is 5.75 Å². The number of phenolic OH excluding ortho intramolecular Hbond substituents is 1. The number of phenols is 1. The summed E-state index contributed by atoms with van der Waals surface area (Å²) in [5.41, 5.74) is 0.800. The summed E-state index contributed by atoms with van der Waals surface area (Å²) in [6.07, 6.45) is 0.974. The van der Waals surface area contributed by atoms with E-state index in [1.807, 2.05) is 0 Å². The van der Waals surface area contributed by atoms with Gasteiger partial charge in [-0.05, 0) is 36.3 Å². The van der Waals surface area contributed by atoms with Gasteiger partial charge in [0.05, 0.1) is 11.5 Å². The van der Waals surface area contributed by atoms with Crippen molar-refractivity contribution in [2.24, 2.45) is 17.8 Å². The Morgan fingerprint density at radius 1 is 1.11 bits per heavy atom. The fourth-order valence-corrected chi connectivity index (χ4v) is 4.43. The highest BCUT2D eigenvalue weighted by Crippen LogP contribution is 2.49. The zero-order valence-corrected chi connectivity index (χ0v) is 14.2. The fraction of sp³-hybridized carbons (Fsp3) is 0.316. The maximum Gasteiger partial charge on any atom is 0.177 e. The highest BCUT2D eigenvalue weighted by atomic mass is 16.3. The van der Waals surface area contributed by atoms with Crippen molar-refractivity contribution < 1.29 is 38.7 Å². The topological polar surface area (TPSA) is 182 Å². The van der Waals surface area contributed by atoms with Gasteiger partial charge in [0.1, 0.15) is 28.9 Å². The molecule has 1 saturated carbocycles. The number of nitriles is 1. The molecule has 0 aliphatic heterocycles. The van der Waals surface area contributed by atoms with Gasteiger partial charge in [0.25, 0.3) is 0 Å². The Bertz CT molecular complexity index is 948. The van der Waals surface area contributed by atoms with E-state index in [4.69, 9.17) is 5.26 Å². The first kappa shape index (κ1) is 20.2. The van der Waals surface area contributed by atoms with Crippen LogP contribution in [0.25, 0.3) is 5.76 Å². The van der Waals surface area contributed by atoms with Gasteiger partial charge in [-0.15, -0.1) is 0 Å². The number of rotatable bonds is 0. The van der Waals surface area contributed by atoms with Gasteiger partial charge in [0.15, 0.2) is 11.6 Å². The number of aromatic hydroxyl groups is 1. The van der Waals surface area contributed by atoms with Crippen molar-refractivity contribution in [1.29, 1.82) is 5.26 Å². The zero-order chi connectivity index (χ0) is 17.9. The molecule has 146 valence electrons. The lowest BCUT2D eigenvalue weighted by molar-refractivity contribution is -0.126. The molecule has 0 saturated heterocycles. The number of carbonyl (C=O) groups excluding carboxylic acids is 2. The van der Waals surface area contributed by atoms with Gasteiger partial charge < -0.3 is 26.3 Å². The van der Waals surface area contributed by atoms with Crippen LogP contribution in [0.2, 0.25) is 0 Å². The maximum absolute atomic E-state index is 13.0. The molecule has 27 heavy (non-hydrogen) atoms. The standard InChI is InChI=1S/C19H15NO5.2H2O.2H2/c20-7-11-13(22)6-10-5-9-4-8-2-1-3-12(21)14(8)18(24)16(9)19(25)15(10)17(11)23;;;;/h1-3,9-10,15,21,23-24H,4-6H2;2*1H2;2*1H. The van der Waals surface area contributed by atoms with E-state index in [0.717, 1.165) is 5.56 Å². The lowest BCUT2D eigenvalue weighted by atomic mass is 9.62. The predicted octanol–water partition coefficient (Wildman–Crippen LogP) is 1.19. The summed E-state index contributed by atoms with van der Waals surface area (Å²) in [4.78, 5) is 25.0. The number of hydrogen-bond donors (Lipinski definition) is 3. The lowest BCUT2D eigenvalue weighted by Crippen LogP contribution is -2.42. The number of aliphatic hydroxyl groups is 2. The van der Waals surface area contributed by atoms with Crippen LogP contribution in [0.15, 0.2) is 35.1 Å². The molecule has 0 spiro atoms. The van der Waals surface area contributed by atoms with Crippen molar-refractivity contribution in [3.8, 4) is 11.8 Å². The minimum atomic E-state index is -0.979. The van der Waals surface area contributed by atoms with E-state index < -0.39 is 23.2 Å². The van der Waals surface area contributed by atoms with Crippen LogP contribution >= 0.6 is 0 Å². The van der Waals surface area contributed by atoms with Crippen molar-refractivity contribution >= 4 is 17.3 Å². The number of Topliss-reactive ketones (excluding diaryl/α,β-unsaturated/α-hetero) is 2. The van der Waals surface area contributed by atoms with Crippen molar-refractivity contribution in [2.45, 2.75) is 19.3 Å². The Morgan fingerprint density at radius 3 is 2.48 bits per heavy atom.